The quantitative estimate of drug-likeness (QED) is 0.586. The minimum Gasteiger partial charge on any atom is -0.484 e. The van der Waals surface area contributed by atoms with Crippen LogP contribution in [0.25, 0.3) is 0 Å². The van der Waals surface area contributed by atoms with Crippen molar-refractivity contribution >= 4 is 11.8 Å². The van der Waals surface area contributed by atoms with Crippen LogP contribution in [0, 0.1) is 5.82 Å². The minimum atomic E-state index is -0.612. The van der Waals surface area contributed by atoms with Crippen molar-refractivity contribution in [1.29, 1.82) is 0 Å². The average Bonchev–Trinajstić information content (AvgIpc) is 3.32. The van der Waals surface area contributed by atoms with E-state index < -0.39 is 6.04 Å². The molecule has 0 radical (unpaired) electrons. The molecule has 1 atom stereocenters. The lowest BCUT2D eigenvalue weighted by Crippen LogP contribution is -2.52. The Morgan fingerprint density at radius 2 is 1.66 bits per heavy atom. The Bertz CT molecular complexity index is 877. The summed E-state index contributed by atoms with van der Waals surface area (Å²) < 4.78 is 19.1. The van der Waals surface area contributed by atoms with Crippen molar-refractivity contribution in [1.82, 2.24) is 10.2 Å². The highest BCUT2D eigenvalue weighted by Crippen LogP contribution is 2.20. The van der Waals surface area contributed by atoms with E-state index in [1.807, 2.05) is 31.2 Å². The van der Waals surface area contributed by atoms with Gasteiger partial charge >= 0.3 is 0 Å². The third-order valence-electron chi connectivity index (χ3n) is 6.05. The van der Waals surface area contributed by atoms with Crippen molar-refractivity contribution in [3.05, 3.63) is 65.5 Å². The molecule has 0 heterocycles. The number of carbonyl (C=O) groups is 2. The molecule has 32 heavy (non-hydrogen) atoms. The molecule has 2 aromatic carbocycles. The first-order chi connectivity index (χ1) is 15.5. The van der Waals surface area contributed by atoms with Crippen LogP contribution >= 0.6 is 0 Å². The van der Waals surface area contributed by atoms with Crippen molar-refractivity contribution < 1.29 is 18.7 Å². The fraction of sp³-hybridized carbons (Fsp3) is 0.462. The Balaban J connectivity index is 1.73. The Morgan fingerprint density at radius 3 is 2.25 bits per heavy atom. The highest BCUT2D eigenvalue weighted by Gasteiger charge is 2.30. The van der Waals surface area contributed by atoms with Crippen molar-refractivity contribution in [3.63, 3.8) is 0 Å². The summed E-state index contributed by atoms with van der Waals surface area (Å²) in [6.07, 6.45) is 5.60. The molecule has 2 aromatic rings. The second kappa shape index (κ2) is 11.7. The molecule has 0 saturated heterocycles. The Kier molecular flexibility index (Phi) is 8.65. The molecule has 0 aliphatic heterocycles. The van der Waals surface area contributed by atoms with Crippen molar-refractivity contribution in [2.75, 3.05) is 6.61 Å². The molecule has 172 valence electrons. The number of amides is 2. The van der Waals surface area contributed by atoms with Crippen LogP contribution < -0.4 is 10.1 Å². The maximum Gasteiger partial charge on any atom is 0.261 e. The number of nitrogens with zero attached hydrogens (tertiary/aromatic N) is 1. The summed E-state index contributed by atoms with van der Waals surface area (Å²) in [6, 6.07) is 13.2. The molecule has 0 spiro atoms. The van der Waals surface area contributed by atoms with Crippen molar-refractivity contribution in [2.24, 2.45) is 0 Å². The third kappa shape index (κ3) is 6.55. The van der Waals surface area contributed by atoms with Gasteiger partial charge in [-0.2, -0.15) is 0 Å². The van der Waals surface area contributed by atoms with Crippen LogP contribution in [-0.2, 0) is 22.6 Å². The second-order valence-corrected chi connectivity index (χ2v) is 8.35. The third-order valence-corrected chi connectivity index (χ3v) is 6.05. The van der Waals surface area contributed by atoms with Crippen LogP contribution in [0.2, 0.25) is 0 Å². The van der Waals surface area contributed by atoms with Gasteiger partial charge in [0.05, 0.1) is 0 Å². The summed E-state index contributed by atoms with van der Waals surface area (Å²) in [7, 11) is 0. The van der Waals surface area contributed by atoms with Crippen LogP contribution in [0.1, 0.15) is 57.1 Å². The summed E-state index contributed by atoms with van der Waals surface area (Å²) >= 11 is 0. The number of halogens is 1. The second-order valence-electron chi connectivity index (χ2n) is 8.35. The summed E-state index contributed by atoms with van der Waals surface area (Å²) in [5.74, 6) is -0.137. The molecule has 0 bridgehead atoms. The van der Waals surface area contributed by atoms with Gasteiger partial charge in [0.2, 0.25) is 5.91 Å². The first-order valence-electron chi connectivity index (χ1n) is 11.6. The minimum absolute atomic E-state index is 0.137. The monoisotopic (exact) mass is 440 g/mol. The smallest absolute Gasteiger partial charge is 0.261 e. The average molecular weight is 441 g/mol. The summed E-state index contributed by atoms with van der Waals surface area (Å²) in [4.78, 5) is 27.8. The van der Waals surface area contributed by atoms with Crippen LogP contribution in [0.4, 0.5) is 4.39 Å². The first-order valence-corrected chi connectivity index (χ1v) is 11.6. The van der Waals surface area contributed by atoms with Gasteiger partial charge in [-0.05, 0) is 61.1 Å². The molecule has 0 aromatic heterocycles. The van der Waals surface area contributed by atoms with Gasteiger partial charge in [-0.1, -0.05) is 51.0 Å². The predicted molar refractivity (Wildman–Crippen MR) is 123 cm³/mol. The molecule has 1 aliphatic rings. The van der Waals surface area contributed by atoms with Gasteiger partial charge in [0.1, 0.15) is 17.6 Å². The standard InChI is InChI=1S/C26H33FN2O3/c1-3-19-11-15-23(16-12-19)32-18-25(30)29(17-20-9-13-21(27)14-10-20)24(4-2)26(31)28-22-7-5-6-8-22/h9-16,22,24H,3-8,17-18H2,1-2H3,(H,28,31). The zero-order valence-corrected chi connectivity index (χ0v) is 19.0. The van der Waals surface area contributed by atoms with Gasteiger partial charge < -0.3 is 15.0 Å². The van der Waals surface area contributed by atoms with E-state index in [0.717, 1.165) is 37.7 Å². The number of hydrogen-bond acceptors (Lipinski definition) is 3. The Labute approximate surface area is 190 Å². The van der Waals surface area contributed by atoms with Gasteiger partial charge in [-0.15, -0.1) is 0 Å². The summed E-state index contributed by atoms with van der Waals surface area (Å²) in [5, 5.41) is 3.11. The maximum absolute atomic E-state index is 13.4. The number of nitrogens with one attached hydrogen (secondary N) is 1. The molecular weight excluding hydrogens is 407 g/mol. The Morgan fingerprint density at radius 1 is 1.03 bits per heavy atom. The number of benzene rings is 2. The van der Waals surface area contributed by atoms with E-state index in [1.54, 1.807) is 17.0 Å². The van der Waals surface area contributed by atoms with E-state index in [4.69, 9.17) is 4.74 Å². The van der Waals surface area contributed by atoms with E-state index in [0.29, 0.717) is 12.2 Å². The number of carbonyl (C=O) groups excluding carboxylic acids is 2. The Hall–Kier alpha value is -2.89. The normalized spacial score (nSPS) is 14.7. The highest BCUT2D eigenvalue weighted by molar-refractivity contribution is 5.88. The van der Waals surface area contributed by atoms with Crippen molar-refractivity contribution in [2.45, 2.75) is 71.0 Å². The van der Waals surface area contributed by atoms with Gasteiger partial charge in [0, 0.05) is 12.6 Å². The highest BCUT2D eigenvalue weighted by atomic mass is 19.1. The van der Waals surface area contributed by atoms with E-state index >= 15 is 0 Å². The molecule has 6 heteroatoms. The number of rotatable bonds is 10. The van der Waals surface area contributed by atoms with Crippen LogP contribution in [0.5, 0.6) is 5.75 Å². The number of aryl methyl sites for hydroxylation is 1. The van der Waals surface area contributed by atoms with Crippen LogP contribution in [0.15, 0.2) is 48.5 Å². The van der Waals surface area contributed by atoms with Crippen molar-refractivity contribution in [3.8, 4) is 5.75 Å². The zero-order valence-electron chi connectivity index (χ0n) is 19.0. The molecule has 1 fully saturated rings. The molecule has 1 aliphatic carbocycles. The van der Waals surface area contributed by atoms with Crippen LogP contribution in [0.3, 0.4) is 0 Å². The summed E-state index contributed by atoms with van der Waals surface area (Å²) in [5.41, 5.74) is 1.95. The molecular formula is C26H33FN2O3. The van der Waals surface area contributed by atoms with Gasteiger partial charge in [0.25, 0.3) is 5.91 Å². The van der Waals surface area contributed by atoms with Gasteiger partial charge in [-0.3, -0.25) is 9.59 Å². The van der Waals surface area contributed by atoms with Gasteiger partial charge in [0.15, 0.2) is 6.61 Å². The van der Waals surface area contributed by atoms with Crippen LogP contribution in [-0.4, -0.2) is 35.4 Å². The largest absolute Gasteiger partial charge is 0.484 e. The molecule has 1 unspecified atom stereocenters. The molecule has 1 saturated carbocycles. The fourth-order valence-electron chi connectivity index (χ4n) is 4.12. The van der Waals surface area contributed by atoms with Gasteiger partial charge in [-0.25, -0.2) is 4.39 Å². The molecule has 1 N–H and O–H groups in total. The van der Waals surface area contributed by atoms with E-state index in [9.17, 15) is 14.0 Å². The number of ether oxygens (including phenoxy) is 1. The zero-order chi connectivity index (χ0) is 22.9. The topological polar surface area (TPSA) is 58.6 Å². The lowest BCUT2D eigenvalue weighted by Gasteiger charge is -2.31. The van der Waals surface area contributed by atoms with E-state index in [-0.39, 0.29) is 36.8 Å². The fourth-order valence-corrected chi connectivity index (χ4v) is 4.12. The number of hydrogen-bond donors (Lipinski definition) is 1. The molecule has 5 nitrogen and oxygen atoms in total. The lowest BCUT2D eigenvalue weighted by atomic mass is 10.1. The maximum atomic E-state index is 13.4. The SMILES string of the molecule is CCc1ccc(OCC(=O)N(Cc2ccc(F)cc2)C(CC)C(=O)NC2CCCC2)cc1. The molecule has 3 rings (SSSR count). The lowest BCUT2D eigenvalue weighted by molar-refractivity contribution is -0.143. The first kappa shape index (κ1) is 23.8. The summed E-state index contributed by atoms with van der Waals surface area (Å²) in [6.45, 7) is 4.02. The van der Waals surface area contributed by atoms with E-state index in [2.05, 4.69) is 12.2 Å². The predicted octanol–water partition coefficient (Wildman–Crippen LogP) is 4.63. The molecule has 2 amide bonds. The van der Waals surface area contributed by atoms with E-state index in [1.165, 1.54) is 17.7 Å².